The van der Waals surface area contributed by atoms with Crippen molar-refractivity contribution < 1.29 is 25.0 Å². The Kier molecular flexibility index (Phi) is 5.12. The molecule has 2 aromatic rings. The minimum atomic E-state index is -1.42. The highest BCUT2D eigenvalue weighted by molar-refractivity contribution is 5.80. The standard InChI is InChI=1S/C19H17NO5/c21-15-16(22)18(19(23)20-24)25-17(15)14-10-8-13(9-11-14)7-6-12-4-2-1-3-5-12/h1-5,8-11,15-18,21-22,24H,(H,20,23)/t15-,16+,17+,18+/m0/s1. The first-order valence-electron chi connectivity index (χ1n) is 7.72. The van der Waals surface area contributed by atoms with Gasteiger partial charge in [0.1, 0.15) is 18.3 Å². The molecule has 0 bridgehead atoms. The van der Waals surface area contributed by atoms with Gasteiger partial charge in [0.05, 0.1) is 0 Å². The third-order valence-electron chi connectivity index (χ3n) is 4.00. The van der Waals surface area contributed by atoms with Crippen molar-refractivity contribution in [3.63, 3.8) is 0 Å². The van der Waals surface area contributed by atoms with Gasteiger partial charge >= 0.3 is 0 Å². The van der Waals surface area contributed by atoms with Crippen LogP contribution >= 0.6 is 0 Å². The first kappa shape index (κ1) is 17.1. The molecule has 1 fully saturated rings. The Bertz CT molecular complexity index is 794. The number of aliphatic hydroxyl groups excluding tert-OH is 2. The molecule has 1 saturated heterocycles. The first-order chi connectivity index (χ1) is 12.1. The van der Waals surface area contributed by atoms with E-state index in [1.165, 1.54) is 5.48 Å². The number of amides is 1. The van der Waals surface area contributed by atoms with Crippen LogP contribution in [0.2, 0.25) is 0 Å². The number of aliphatic hydroxyl groups is 2. The van der Waals surface area contributed by atoms with E-state index in [1.54, 1.807) is 24.3 Å². The van der Waals surface area contributed by atoms with Gasteiger partial charge in [-0.05, 0) is 29.8 Å². The summed E-state index contributed by atoms with van der Waals surface area (Å²) in [4.78, 5) is 11.4. The zero-order valence-corrected chi connectivity index (χ0v) is 13.2. The summed E-state index contributed by atoms with van der Waals surface area (Å²) < 4.78 is 5.39. The maximum atomic E-state index is 11.4. The number of benzene rings is 2. The lowest BCUT2D eigenvalue weighted by Gasteiger charge is -2.14. The number of carbonyl (C=O) groups excluding carboxylic acids is 1. The minimum absolute atomic E-state index is 0.602. The molecule has 1 aliphatic rings. The summed E-state index contributed by atoms with van der Waals surface area (Å²) in [6.07, 6.45) is -4.89. The fourth-order valence-electron chi connectivity index (χ4n) is 2.66. The fraction of sp³-hybridized carbons (Fsp3) is 0.211. The predicted molar refractivity (Wildman–Crippen MR) is 88.4 cm³/mol. The van der Waals surface area contributed by atoms with E-state index in [4.69, 9.17) is 9.94 Å². The second-order valence-electron chi connectivity index (χ2n) is 5.67. The Balaban J connectivity index is 1.75. The minimum Gasteiger partial charge on any atom is -0.387 e. The molecular formula is C19H17NO5. The second kappa shape index (κ2) is 7.47. The Morgan fingerprint density at radius 1 is 0.920 bits per heavy atom. The molecule has 4 N–H and O–H groups in total. The molecule has 0 saturated carbocycles. The summed E-state index contributed by atoms with van der Waals surface area (Å²) >= 11 is 0. The van der Waals surface area contributed by atoms with E-state index in [9.17, 15) is 15.0 Å². The van der Waals surface area contributed by atoms with Crippen molar-refractivity contribution in [2.24, 2.45) is 0 Å². The van der Waals surface area contributed by atoms with Gasteiger partial charge in [-0.25, -0.2) is 5.48 Å². The highest BCUT2D eigenvalue weighted by atomic mass is 16.6. The third-order valence-corrected chi connectivity index (χ3v) is 4.00. The molecule has 4 atom stereocenters. The van der Waals surface area contributed by atoms with Crippen LogP contribution in [0.5, 0.6) is 0 Å². The van der Waals surface area contributed by atoms with Gasteiger partial charge in [0.25, 0.3) is 5.91 Å². The molecular weight excluding hydrogens is 322 g/mol. The van der Waals surface area contributed by atoms with Crippen molar-refractivity contribution in [3.8, 4) is 11.8 Å². The highest BCUT2D eigenvalue weighted by Gasteiger charge is 2.46. The topological polar surface area (TPSA) is 99.0 Å². The molecule has 25 heavy (non-hydrogen) atoms. The quantitative estimate of drug-likeness (QED) is 0.368. The van der Waals surface area contributed by atoms with Gasteiger partial charge in [0.2, 0.25) is 0 Å². The molecule has 3 rings (SSSR count). The number of hydrogen-bond donors (Lipinski definition) is 4. The Morgan fingerprint density at radius 2 is 1.52 bits per heavy atom. The molecule has 6 nitrogen and oxygen atoms in total. The van der Waals surface area contributed by atoms with Gasteiger partial charge in [0, 0.05) is 11.1 Å². The summed E-state index contributed by atoms with van der Waals surface area (Å²) in [5, 5.41) is 28.6. The van der Waals surface area contributed by atoms with Crippen molar-refractivity contribution in [3.05, 3.63) is 71.3 Å². The number of hydroxylamine groups is 1. The SMILES string of the molecule is O=C(NO)[C@@H]1O[C@H](c2ccc(C#Cc3ccccc3)cc2)[C@@H](O)[C@H]1O. The van der Waals surface area contributed by atoms with Crippen LogP contribution in [-0.2, 0) is 9.53 Å². The molecule has 1 amide bonds. The fourth-order valence-corrected chi connectivity index (χ4v) is 2.66. The lowest BCUT2D eigenvalue weighted by Crippen LogP contribution is -2.41. The van der Waals surface area contributed by atoms with E-state index >= 15 is 0 Å². The average molecular weight is 339 g/mol. The van der Waals surface area contributed by atoms with Gasteiger partial charge < -0.3 is 14.9 Å². The summed E-state index contributed by atoms with van der Waals surface area (Å²) in [6, 6.07) is 16.6. The second-order valence-corrected chi connectivity index (χ2v) is 5.67. The smallest absolute Gasteiger partial charge is 0.275 e. The molecule has 0 aromatic heterocycles. The number of nitrogens with one attached hydrogen (secondary N) is 1. The molecule has 2 aromatic carbocycles. The molecule has 128 valence electrons. The van der Waals surface area contributed by atoms with Crippen LogP contribution in [0, 0.1) is 11.8 Å². The van der Waals surface area contributed by atoms with Crippen molar-refractivity contribution in [1.29, 1.82) is 0 Å². The van der Waals surface area contributed by atoms with E-state index in [1.807, 2.05) is 30.3 Å². The number of hydrogen-bond acceptors (Lipinski definition) is 5. The third kappa shape index (κ3) is 3.71. The predicted octanol–water partition coefficient (Wildman–Crippen LogP) is 0.753. The van der Waals surface area contributed by atoms with Crippen molar-refractivity contribution in [2.75, 3.05) is 0 Å². The maximum absolute atomic E-state index is 11.4. The van der Waals surface area contributed by atoms with E-state index in [2.05, 4.69) is 11.8 Å². The summed E-state index contributed by atoms with van der Waals surface area (Å²) in [7, 11) is 0. The summed E-state index contributed by atoms with van der Waals surface area (Å²) in [5.74, 6) is 5.18. The summed E-state index contributed by atoms with van der Waals surface area (Å²) in [6.45, 7) is 0. The molecule has 0 unspecified atom stereocenters. The Hall–Kier alpha value is -2.69. The van der Waals surface area contributed by atoms with Crippen LogP contribution in [-0.4, -0.2) is 39.6 Å². The number of rotatable bonds is 2. The zero-order chi connectivity index (χ0) is 17.8. The van der Waals surface area contributed by atoms with Gasteiger partial charge in [-0.1, -0.05) is 42.2 Å². The van der Waals surface area contributed by atoms with Crippen LogP contribution in [0.25, 0.3) is 0 Å². The summed E-state index contributed by atoms with van der Waals surface area (Å²) in [5.41, 5.74) is 3.71. The lowest BCUT2D eigenvalue weighted by molar-refractivity contribution is -0.144. The van der Waals surface area contributed by atoms with E-state index in [-0.39, 0.29) is 0 Å². The van der Waals surface area contributed by atoms with Crippen molar-refractivity contribution in [2.45, 2.75) is 24.4 Å². The first-order valence-corrected chi connectivity index (χ1v) is 7.72. The Labute approximate surface area is 144 Å². The van der Waals surface area contributed by atoms with E-state index in [0.29, 0.717) is 5.56 Å². The number of ether oxygens (including phenoxy) is 1. The highest BCUT2D eigenvalue weighted by Crippen LogP contribution is 2.33. The molecule has 1 aliphatic heterocycles. The normalized spacial score (nSPS) is 25.1. The monoisotopic (exact) mass is 339 g/mol. The van der Waals surface area contributed by atoms with Crippen LogP contribution < -0.4 is 5.48 Å². The Morgan fingerprint density at radius 3 is 2.12 bits per heavy atom. The molecule has 0 aliphatic carbocycles. The van der Waals surface area contributed by atoms with Gasteiger partial charge in [-0.15, -0.1) is 0 Å². The zero-order valence-electron chi connectivity index (χ0n) is 13.2. The molecule has 0 radical (unpaired) electrons. The van der Waals surface area contributed by atoms with Gasteiger partial charge in [-0.3, -0.25) is 10.0 Å². The number of carbonyl (C=O) groups is 1. The van der Waals surface area contributed by atoms with Gasteiger partial charge in [0.15, 0.2) is 6.10 Å². The van der Waals surface area contributed by atoms with Gasteiger partial charge in [-0.2, -0.15) is 0 Å². The van der Waals surface area contributed by atoms with Crippen molar-refractivity contribution in [1.82, 2.24) is 5.48 Å². The largest absolute Gasteiger partial charge is 0.387 e. The average Bonchev–Trinajstić information content (AvgIpc) is 2.96. The maximum Gasteiger partial charge on any atom is 0.275 e. The lowest BCUT2D eigenvalue weighted by atomic mass is 10.0. The van der Waals surface area contributed by atoms with E-state index < -0.39 is 30.3 Å². The van der Waals surface area contributed by atoms with Crippen LogP contribution in [0.3, 0.4) is 0 Å². The van der Waals surface area contributed by atoms with E-state index in [0.717, 1.165) is 11.1 Å². The van der Waals surface area contributed by atoms with Crippen molar-refractivity contribution >= 4 is 5.91 Å². The van der Waals surface area contributed by atoms with Crippen LogP contribution in [0.15, 0.2) is 54.6 Å². The molecule has 0 spiro atoms. The van der Waals surface area contributed by atoms with Crippen LogP contribution in [0.1, 0.15) is 22.8 Å². The molecule has 1 heterocycles. The van der Waals surface area contributed by atoms with Crippen LogP contribution in [0.4, 0.5) is 0 Å². The molecule has 6 heteroatoms.